The minimum Gasteiger partial charge on any atom is -0.378 e. The number of thiophene rings is 1. The molecule has 1 saturated heterocycles. The lowest BCUT2D eigenvalue weighted by Crippen LogP contribution is -2.36. The highest BCUT2D eigenvalue weighted by Gasteiger charge is 2.30. The molecule has 0 spiro atoms. The number of hydrogen-bond donors (Lipinski definition) is 0. The molecule has 0 N–H and O–H groups in total. The molecule has 0 amide bonds. The van der Waals surface area contributed by atoms with Crippen molar-refractivity contribution in [3.63, 3.8) is 0 Å². The normalized spacial score (nSPS) is 21.9. The Morgan fingerprint density at radius 3 is 2.73 bits per heavy atom. The SMILES string of the molecule is O=C1C=C(N2CCOCC2)CC2=C1CC=C2c1cscc1Br. The van der Waals surface area contributed by atoms with Gasteiger partial charge in [0.1, 0.15) is 0 Å². The van der Waals surface area contributed by atoms with Crippen molar-refractivity contribution in [2.75, 3.05) is 26.3 Å². The molecule has 2 heterocycles. The van der Waals surface area contributed by atoms with E-state index in [1.165, 1.54) is 16.7 Å². The average molecular weight is 378 g/mol. The minimum absolute atomic E-state index is 0.181. The first kappa shape index (κ1) is 14.4. The second kappa shape index (κ2) is 5.80. The smallest absolute Gasteiger partial charge is 0.184 e. The number of ketones is 1. The molecule has 1 aromatic heterocycles. The van der Waals surface area contributed by atoms with Crippen LogP contribution in [0.5, 0.6) is 0 Å². The molecule has 0 bridgehead atoms. The minimum atomic E-state index is 0.181. The van der Waals surface area contributed by atoms with Gasteiger partial charge in [0.25, 0.3) is 0 Å². The Morgan fingerprint density at radius 2 is 2.00 bits per heavy atom. The molecule has 5 heteroatoms. The summed E-state index contributed by atoms with van der Waals surface area (Å²) in [6.07, 6.45) is 5.66. The molecule has 3 aliphatic rings. The summed E-state index contributed by atoms with van der Waals surface area (Å²) in [4.78, 5) is 14.8. The van der Waals surface area contributed by atoms with E-state index in [4.69, 9.17) is 4.74 Å². The van der Waals surface area contributed by atoms with E-state index >= 15 is 0 Å². The Kier molecular flexibility index (Phi) is 3.80. The van der Waals surface area contributed by atoms with Crippen molar-refractivity contribution in [1.82, 2.24) is 4.90 Å². The van der Waals surface area contributed by atoms with Crippen LogP contribution in [0, 0.1) is 0 Å². The highest BCUT2D eigenvalue weighted by atomic mass is 79.9. The number of halogens is 1. The van der Waals surface area contributed by atoms with Crippen LogP contribution in [0.15, 0.2) is 44.2 Å². The van der Waals surface area contributed by atoms with Gasteiger partial charge in [0.15, 0.2) is 5.78 Å². The third-order valence-corrected chi connectivity index (χ3v) is 6.18. The van der Waals surface area contributed by atoms with Gasteiger partial charge in [0.2, 0.25) is 0 Å². The Bertz CT molecular complexity index is 723. The van der Waals surface area contributed by atoms with Gasteiger partial charge >= 0.3 is 0 Å². The second-order valence-corrected chi connectivity index (χ2v) is 7.29. The van der Waals surface area contributed by atoms with Gasteiger partial charge in [-0.25, -0.2) is 0 Å². The van der Waals surface area contributed by atoms with Gasteiger partial charge in [-0.1, -0.05) is 6.08 Å². The molecule has 1 aromatic rings. The largest absolute Gasteiger partial charge is 0.378 e. The topological polar surface area (TPSA) is 29.5 Å². The Morgan fingerprint density at radius 1 is 1.18 bits per heavy atom. The molecule has 114 valence electrons. The Balaban J connectivity index is 1.64. The summed E-state index contributed by atoms with van der Waals surface area (Å²) in [5.41, 5.74) is 5.78. The Hall–Kier alpha value is -1.17. The summed E-state index contributed by atoms with van der Waals surface area (Å²) >= 11 is 5.31. The van der Waals surface area contributed by atoms with Gasteiger partial charge in [-0.3, -0.25) is 4.79 Å². The predicted octanol–water partition coefficient (Wildman–Crippen LogP) is 3.78. The molecule has 0 aromatic carbocycles. The van der Waals surface area contributed by atoms with Crippen LogP contribution in [0.25, 0.3) is 5.57 Å². The van der Waals surface area contributed by atoms with Gasteiger partial charge in [-0.05, 0) is 38.9 Å². The number of ether oxygens (including phenoxy) is 1. The number of allylic oxidation sites excluding steroid dienone is 5. The standard InChI is InChI=1S/C17H16BrNO2S/c18-16-10-22-9-15(16)12-1-2-13-14(12)7-11(8-17(13)20)19-3-5-21-6-4-19/h1,8-10H,2-7H2. The molecular formula is C17H16BrNO2S. The number of carbonyl (C=O) groups excluding carboxylic acids is 1. The van der Waals surface area contributed by atoms with Crippen LogP contribution in [0.4, 0.5) is 0 Å². The van der Waals surface area contributed by atoms with Crippen molar-refractivity contribution >= 4 is 38.6 Å². The maximum atomic E-state index is 12.5. The third-order valence-electron chi connectivity index (χ3n) is 4.47. The van der Waals surface area contributed by atoms with Crippen LogP contribution in [0.3, 0.4) is 0 Å². The summed E-state index contributed by atoms with van der Waals surface area (Å²) < 4.78 is 6.54. The van der Waals surface area contributed by atoms with Crippen LogP contribution in [0.2, 0.25) is 0 Å². The van der Waals surface area contributed by atoms with Crippen LogP contribution in [-0.4, -0.2) is 37.0 Å². The molecule has 2 aliphatic carbocycles. The predicted molar refractivity (Wildman–Crippen MR) is 91.7 cm³/mol. The molecule has 3 nitrogen and oxygen atoms in total. The van der Waals surface area contributed by atoms with E-state index in [2.05, 4.69) is 37.7 Å². The van der Waals surface area contributed by atoms with Crippen molar-refractivity contribution in [2.45, 2.75) is 12.8 Å². The molecule has 0 radical (unpaired) electrons. The summed E-state index contributed by atoms with van der Waals surface area (Å²) in [5.74, 6) is 0.181. The number of hydrogen-bond acceptors (Lipinski definition) is 4. The zero-order valence-corrected chi connectivity index (χ0v) is 14.5. The molecule has 4 rings (SSSR count). The van der Waals surface area contributed by atoms with Crippen LogP contribution in [0.1, 0.15) is 18.4 Å². The molecule has 0 unspecified atom stereocenters. The highest BCUT2D eigenvalue weighted by molar-refractivity contribution is 9.10. The first-order valence-corrected chi connectivity index (χ1v) is 9.20. The van der Waals surface area contributed by atoms with E-state index in [9.17, 15) is 4.79 Å². The fourth-order valence-electron chi connectivity index (χ4n) is 3.33. The fraction of sp³-hybridized carbons (Fsp3) is 0.353. The first-order valence-electron chi connectivity index (χ1n) is 7.46. The van der Waals surface area contributed by atoms with E-state index in [0.717, 1.165) is 54.9 Å². The zero-order valence-electron chi connectivity index (χ0n) is 12.1. The monoisotopic (exact) mass is 377 g/mol. The third kappa shape index (κ3) is 2.41. The van der Waals surface area contributed by atoms with E-state index in [-0.39, 0.29) is 5.78 Å². The van der Waals surface area contributed by atoms with Gasteiger partial charge in [0.05, 0.1) is 13.2 Å². The fourth-order valence-corrected chi connectivity index (χ4v) is 4.84. The highest BCUT2D eigenvalue weighted by Crippen LogP contribution is 2.43. The maximum absolute atomic E-state index is 12.5. The number of morpholine rings is 1. The molecule has 22 heavy (non-hydrogen) atoms. The molecular weight excluding hydrogens is 362 g/mol. The van der Waals surface area contributed by atoms with Gasteiger partial charge in [0, 0.05) is 52.3 Å². The molecule has 1 fully saturated rings. The number of rotatable bonds is 2. The molecule has 0 atom stereocenters. The van der Waals surface area contributed by atoms with Crippen molar-refractivity contribution < 1.29 is 9.53 Å². The number of carbonyl (C=O) groups is 1. The van der Waals surface area contributed by atoms with E-state index in [0.29, 0.717) is 0 Å². The van der Waals surface area contributed by atoms with Crippen LogP contribution in [-0.2, 0) is 9.53 Å². The van der Waals surface area contributed by atoms with Crippen molar-refractivity contribution in [1.29, 1.82) is 0 Å². The number of nitrogens with zero attached hydrogens (tertiary/aromatic N) is 1. The first-order chi connectivity index (χ1) is 10.7. The maximum Gasteiger partial charge on any atom is 0.184 e. The zero-order chi connectivity index (χ0) is 15.1. The lowest BCUT2D eigenvalue weighted by atomic mass is 9.90. The lowest BCUT2D eigenvalue weighted by Gasteiger charge is -2.33. The molecule has 1 aliphatic heterocycles. The second-order valence-electron chi connectivity index (χ2n) is 5.69. The Labute approximate surface area is 142 Å². The molecule has 0 saturated carbocycles. The summed E-state index contributed by atoms with van der Waals surface area (Å²) in [6, 6.07) is 0. The quantitative estimate of drug-likeness (QED) is 0.785. The van der Waals surface area contributed by atoms with Gasteiger partial charge in [-0.15, -0.1) is 0 Å². The summed E-state index contributed by atoms with van der Waals surface area (Å²) in [5, 5.41) is 4.25. The van der Waals surface area contributed by atoms with Crippen LogP contribution >= 0.6 is 27.3 Å². The summed E-state index contributed by atoms with van der Waals surface area (Å²) in [7, 11) is 0. The summed E-state index contributed by atoms with van der Waals surface area (Å²) in [6.45, 7) is 3.25. The van der Waals surface area contributed by atoms with Crippen molar-refractivity contribution in [3.8, 4) is 0 Å². The van der Waals surface area contributed by atoms with Crippen LogP contribution < -0.4 is 0 Å². The van der Waals surface area contributed by atoms with E-state index in [1.54, 1.807) is 11.3 Å². The lowest BCUT2D eigenvalue weighted by molar-refractivity contribution is -0.111. The van der Waals surface area contributed by atoms with Gasteiger partial charge < -0.3 is 9.64 Å². The average Bonchev–Trinajstić information content (AvgIpc) is 3.14. The van der Waals surface area contributed by atoms with Crippen molar-refractivity contribution in [3.05, 3.63) is 49.8 Å². The van der Waals surface area contributed by atoms with Gasteiger partial charge in [-0.2, -0.15) is 11.3 Å². The van der Waals surface area contributed by atoms with E-state index in [1.807, 2.05) is 6.08 Å². The van der Waals surface area contributed by atoms with Crippen molar-refractivity contribution in [2.24, 2.45) is 0 Å². The van der Waals surface area contributed by atoms with E-state index < -0.39 is 0 Å².